The maximum Gasteiger partial charge on any atom is 0.356 e. The van der Waals surface area contributed by atoms with Gasteiger partial charge in [0.05, 0.1) is 17.6 Å². The third-order valence-corrected chi connectivity index (χ3v) is 4.05. The highest BCUT2D eigenvalue weighted by atomic mass is 32.2. The Morgan fingerprint density at radius 3 is 2.62 bits per heavy atom. The molecule has 1 aromatic heterocycles. The minimum Gasteiger partial charge on any atom is -0.476 e. The van der Waals surface area contributed by atoms with Gasteiger partial charge in [-0.1, -0.05) is 20.8 Å². The highest BCUT2D eigenvalue weighted by Crippen LogP contribution is 2.16. The molecule has 0 aliphatic heterocycles. The van der Waals surface area contributed by atoms with E-state index in [2.05, 4.69) is 20.0 Å². The van der Waals surface area contributed by atoms with E-state index in [1.165, 1.54) is 6.20 Å². The van der Waals surface area contributed by atoms with Gasteiger partial charge < -0.3 is 10.4 Å². The molecule has 8 nitrogen and oxygen atoms in total. The summed E-state index contributed by atoms with van der Waals surface area (Å²) in [7, 11) is -3.36. The predicted molar refractivity (Wildman–Crippen MR) is 79.0 cm³/mol. The minimum atomic E-state index is -3.36. The number of carboxylic acids is 1. The van der Waals surface area contributed by atoms with Crippen LogP contribution in [0.3, 0.4) is 0 Å². The molecule has 1 heterocycles. The van der Waals surface area contributed by atoms with Crippen molar-refractivity contribution >= 4 is 21.7 Å². The highest BCUT2D eigenvalue weighted by molar-refractivity contribution is 7.89. The molecule has 0 aromatic carbocycles. The molecule has 0 unspecified atom stereocenters. The van der Waals surface area contributed by atoms with Crippen molar-refractivity contribution in [2.24, 2.45) is 0 Å². The van der Waals surface area contributed by atoms with E-state index in [1.807, 2.05) is 13.8 Å². The molecular formula is C12H20N4O4S. The van der Waals surface area contributed by atoms with E-state index in [9.17, 15) is 13.2 Å². The number of hydrogen-bond acceptors (Lipinski definition) is 6. The van der Waals surface area contributed by atoms with Crippen molar-refractivity contribution < 1.29 is 18.3 Å². The van der Waals surface area contributed by atoms with Crippen molar-refractivity contribution in [2.75, 3.05) is 24.2 Å². The number of rotatable bonds is 8. The van der Waals surface area contributed by atoms with Crippen molar-refractivity contribution in [3.8, 4) is 0 Å². The molecule has 0 saturated carbocycles. The van der Waals surface area contributed by atoms with Crippen molar-refractivity contribution in [1.82, 2.24) is 14.7 Å². The van der Waals surface area contributed by atoms with Crippen LogP contribution in [0.1, 0.15) is 43.0 Å². The second-order valence-electron chi connectivity index (χ2n) is 4.69. The molecule has 118 valence electrons. The van der Waals surface area contributed by atoms with Gasteiger partial charge in [-0.25, -0.2) is 27.9 Å². The molecule has 0 saturated heterocycles. The Kier molecular flexibility index (Phi) is 6.03. The third-order valence-electron chi connectivity index (χ3n) is 2.58. The van der Waals surface area contributed by atoms with Crippen LogP contribution < -0.4 is 10.0 Å². The van der Waals surface area contributed by atoms with Crippen LogP contribution >= 0.6 is 0 Å². The Labute approximate surface area is 124 Å². The van der Waals surface area contributed by atoms with Gasteiger partial charge >= 0.3 is 5.97 Å². The fourth-order valence-corrected chi connectivity index (χ4v) is 2.53. The summed E-state index contributed by atoms with van der Waals surface area (Å²) in [6, 6.07) is 0. The molecular weight excluding hydrogens is 296 g/mol. The molecule has 0 bridgehead atoms. The van der Waals surface area contributed by atoms with E-state index in [-0.39, 0.29) is 29.6 Å². The Morgan fingerprint density at radius 1 is 1.43 bits per heavy atom. The fourth-order valence-electron chi connectivity index (χ4n) is 1.58. The Hall–Kier alpha value is -1.74. The average molecular weight is 316 g/mol. The minimum absolute atomic E-state index is 0.00582. The molecule has 0 spiro atoms. The molecule has 3 N–H and O–H groups in total. The van der Waals surface area contributed by atoms with Gasteiger partial charge in [0.25, 0.3) is 0 Å². The van der Waals surface area contributed by atoms with Crippen LogP contribution in [-0.4, -0.2) is 48.3 Å². The number of sulfonamides is 1. The lowest BCUT2D eigenvalue weighted by Crippen LogP contribution is -2.29. The van der Waals surface area contributed by atoms with Gasteiger partial charge in [-0.2, -0.15) is 0 Å². The van der Waals surface area contributed by atoms with Gasteiger partial charge in [-0.3, -0.25) is 0 Å². The molecule has 0 amide bonds. The largest absolute Gasteiger partial charge is 0.476 e. The van der Waals surface area contributed by atoms with Crippen LogP contribution in [0.5, 0.6) is 0 Å². The van der Waals surface area contributed by atoms with Crippen LogP contribution in [0.2, 0.25) is 0 Å². The molecule has 0 radical (unpaired) electrons. The lowest BCUT2D eigenvalue weighted by Gasteiger charge is -2.11. The van der Waals surface area contributed by atoms with Crippen LogP contribution in [-0.2, 0) is 10.0 Å². The Bertz CT molecular complexity index is 601. The summed E-state index contributed by atoms with van der Waals surface area (Å²) in [6.45, 7) is 5.79. The maximum absolute atomic E-state index is 11.5. The molecule has 9 heteroatoms. The standard InChI is InChI=1S/C12H20N4O4S/c1-4-15-21(19,20)6-5-13-9-7-14-11(8(2)3)16-10(9)12(17)18/h7-8,13,15H,4-6H2,1-3H3,(H,17,18). The fraction of sp³-hybridized carbons (Fsp3) is 0.583. The molecule has 1 rings (SSSR count). The van der Waals surface area contributed by atoms with E-state index < -0.39 is 16.0 Å². The second kappa shape index (κ2) is 7.32. The number of aromatic nitrogens is 2. The van der Waals surface area contributed by atoms with E-state index in [4.69, 9.17) is 5.11 Å². The summed E-state index contributed by atoms with van der Waals surface area (Å²) in [5, 5.41) is 11.9. The molecule has 1 aromatic rings. The number of nitrogens with one attached hydrogen (secondary N) is 2. The third kappa shape index (κ3) is 5.27. The summed E-state index contributed by atoms with van der Waals surface area (Å²) >= 11 is 0. The molecule has 0 aliphatic carbocycles. The molecule has 0 fully saturated rings. The second-order valence-corrected chi connectivity index (χ2v) is 6.62. The zero-order valence-corrected chi connectivity index (χ0v) is 13.1. The Balaban J connectivity index is 2.82. The van der Waals surface area contributed by atoms with Crippen molar-refractivity contribution in [2.45, 2.75) is 26.7 Å². The maximum atomic E-state index is 11.5. The molecule has 21 heavy (non-hydrogen) atoms. The Morgan fingerprint density at radius 2 is 2.10 bits per heavy atom. The van der Waals surface area contributed by atoms with Crippen LogP contribution in [0.25, 0.3) is 0 Å². The SMILES string of the molecule is CCNS(=O)(=O)CCNc1cnc(C(C)C)nc1C(=O)O. The van der Waals surface area contributed by atoms with Crippen molar-refractivity contribution in [1.29, 1.82) is 0 Å². The predicted octanol–water partition coefficient (Wildman–Crippen LogP) is 0.649. The van der Waals surface area contributed by atoms with E-state index >= 15 is 0 Å². The first-order valence-corrected chi connectivity index (χ1v) is 8.23. The van der Waals surface area contributed by atoms with Gasteiger partial charge in [0, 0.05) is 19.0 Å². The lowest BCUT2D eigenvalue weighted by molar-refractivity contribution is 0.0691. The van der Waals surface area contributed by atoms with Crippen molar-refractivity contribution in [3.63, 3.8) is 0 Å². The van der Waals surface area contributed by atoms with Crippen LogP contribution in [0.4, 0.5) is 5.69 Å². The zero-order chi connectivity index (χ0) is 16.0. The van der Waals surface area contributed by atoms with Gasteiger partial charge in [-0.15, -0.1) is 0 Å². The van der Waals surface area contributed by atoms with Crippen LogP contribution in [0, 0.1) is 0 Å². The number of hydrogen-bond donors (Lipinski definition) is 3. The van der Waals surface area contributed by atoms with E-state index in [1.54, 1.807) is 6.92 Å². The van der Waals surface area contributed by atoms with Gasteiger partial charge in [0.15, 0.2) is 5.69 Å². The quantitative estimate of drug-likeness (QED) is 0.643. The monoisotopic (exact) mass is 316 g/mol. The number of nitrogens with zero attached hydrogens (tertiary/aromatic N) is 2. The summed E-state index contributed by atoms with van der Waals surface area (Å²) in [5.74, 6) is -0.910. The van der Waals surface area contributed by atoms with Crippen molar-refractivity contribution in [3.05, 3.63) is 17.7 Å². The first-order chi connectivity index (χ1) is 9.76. The number of carbonyl (C=O) groups is 1. The van der Waals surface area contributed by atoms with Gasteiger partial charge in [0.1, 0.15) is 5.82 Å². The topological polar surface area (TPSA) is 121 Å². The van der Waals surface area contributed by atoms with Crippen LogP contribution in [0.15, 0.2) is 6.20 Å². The summed E-state index contributed by atoms with van der Waals surface area (Å²) in [4.78, 5) is 19.3. The average Bonchev–Trinajstić information content (AvgIpc) is 2.38. The summed E-state index contributed by atoms with van der Waals surface area (Å²) in [5.41, 5.74) is 0.0492. The summed E-state index contributed by atoms with van der Waals surface area (Å²) in [6.07, 6.45) is 1.37. The first kappa shape index (κ1) is 17.3. The number of anilines is 1. The molecule has 0 atom stereocenters. The number of aromatic carboxylic acids is 1. The highest BCUT2D eigenvalue weighted by Gasteiger charge is 2.16. The summed E-state index contributed by atoms with van der Waals surface area (Å²) < 4.78 is 25.3. The van der Waals surface area contributed by atoms with Gasteiger partial charge in [-0.05, 0) is 0 Å². The van der Waals surface area contributed by atoms with Gasteiger partial charge in [0.2, 0.25) is 10.0 Å². The normalized spacial score (nSPS) is 11.6. The van der Waals surface area contributed by atoms with E-state index in [0.717, 1.165) is 0 Å². The molecule has 0 aliphatic rings. The first-order valence-electron chi connectivity index (χ1n) is 6.58. The number of carboxylic acid groups (broad SMARTS) is 1. The lowest BCUT2D eigenvalue weighted by atomic mass is 10.2. The smallest absolute Gasteiger partial charge is 0.356 e. The zero-order valence-electron chi connectivity index (χ0n) is 12.3. The van der Waals surface area contributed by atoms with E-state index in [0.29, 0.717) is 12.4 Å².